The number of benzene rings is 1. The van der Waals surface area contributed by atoms with E-state index in [9.17, 15) is 4.79 Å². The summed E-state index contributed by atoms with van der Waals surface area (Å²) >= 11 is 6.17. The molecule has 0 aromatic heterocycles. The lowest BCUT2D eigenvalue weighted by Crippen LogP contribution is -2.21. The van der Waals surface area contributed by atoms with E-state index in [4.69, 9.17) is 25.8 Å². The first-order valence-corrected chi connectivity index (χ1v) is 7.21. The lowest BCUT2D eigenvalue weighted by atomic mass is 10.2. The van der Waals surface area contributed by atoms with Gasteiger partial charge in [-0.1, -0.05) is 17.7 Å². The van der Waals surface area contributed by atoms with E-state index in [0.29, 0.717) is 30.5 Å². The fourth-order valence-corrected chi connectivity index (χ4v) is 1.90. The molecule has 0 heterocycles. The summed E-state index contributed by atoms with van der Waals surface area (Å²) in [5, 5.41) is 3.79. The van der Waals surface area contributed by atoms with Crippen molar-refractivity contribution in [2.75, 3.05) is 26.9 Å². The fourth-order valence-electron chi connectivity index (χ4n) is 1.67. The van der Waals surface area contributed by atoms with E-state index < -0.39 is 5.97 Å². The fraction of sp³-hybridized carbons (Fsp3) is 0.533. The van der Waals surface area contributed by atoms with Gasteiger partial charge in [0.15, 0.2) is 6.61 Å². The summed E-state index contributed by atoms with van der Waals surface area (Å²) in [4.78, 5) is 11.5. The first-order chi connectivity index (χ1) is 10.0. The van der Waals surface area contributed by atoms with Gasteiger partial charge >= 0.3 is 5.97 Å². The van der Waals surface area contributed by atoms with Crippen LogP contribution in [0.2, 0.25) is 5.02 Å². The minimum Gasteiger partial charge on any atom is -0.482 e. The van der Waals surface area contributed by atoms with E-state index in [1.807, 2.05) is 0 Å². The van der Waals surface area contributed by atoms with Crippen molar-refractivity contribution < 1.29 is 19.0 Å². The Morgan fingerprint density at radius 1 is 1.38 bits per heavy atom. The van der Waals surface area contributed by atoms with Crippen molar-refractivity contribution >= 4 is 17.6 Å². The van der Waals surface area contributed by atoms with E-state index in [1.165, 1.54) is 0 Å². The number of esters is 1. The molecule has 5 nitrogen and oxygen atoms in total. The predicted molar refractivity (Wildman–Crippen MR) is 81.8 cm³/mol. The number of rotatable bonds is 9. The van der Waals surface area contributed by atoms with Crippen molar-refractivity contribution in [3.05, 3.63) is 28.8 Å². The van der Waals surface area contributed by atoms with Crippen LogP contribution in [0.1, 0.15) is 19.4 Å². The monoisotopic (exact) mass is 315 g/mol. The van der Waals surface area contributed by atoms with Crippen LogP contribution in [-0.4, -0.2) is 38.9 Å². The van der Waals surface area contributed by atoms with Gasteiger partial charge in [0.25, 0.3) is 0 Å². The standard InChI is InChI=1S/C15H22ClNO4/c1-11(2)21-15(18)10-20-14-6-4-5-13(16)12(14)9-17-7-8-19-3/h4-6,11,17H,7-10H2,1-3H3. The summed E-state index contributed by atoms with van der Waals surface area (Å²) in [6, 6.07) is 5.35. The summed E-state index contributed by atoms with van der Waals surface area (Å²) in [5.41, 5.74) is 0.813. The molecule has 0 bridgehead atoms. The van der Waals surface area contributed by atoms with E-state index in [2.05, 4.69) is 5.32 Å². The summed E-state index contributed by atoms with van der Waals surface area (Å²) < 4.78 is 15.5. The molecule has 1 rings (SSSR count). The van der Waals surface area contributed by atoms with Crippen LogP contribution in [0.3, 0.4) is 0 Å². The number of carbonyl (C=O) groups is 1. The van der Waals surface area contributed by atoms with Crippen molar-refractivity contribution in [3.8, 4) is 5.75 Å². The van der Waals surface area contributed by atoms with Gasteiger partial charge in [-0.25, -0.2) is 4.79 Å². The van der Waals surface area contributed by atoms with Crippen LogP contribution in [0.4, 0.5) is 0 Å². The molecule has 0 aliphatic rings. The Morgan fingerprint density at radius 3 is 2.81 bits per heavy atom. The van der Waals surface area contributed by atoms with Gasteiger partial charge in [0.2, 0.25) is 0 Å². The van der Waals surface area contributed by atoms with Crippen molar-refractivity contribution in [1.82, 2.24) is 5.32 Å². The molecule has 21 heavy (non-hydrogen) atoms. The topological polar surface area (TPSA) is 56.8 Å². The van der Waals surface area contributed by atoms with Gasteiger partial charge in [0.1, 0.15) is 5.75 Å². The maximum atomic E-state index is 11.5. The number of halogens is 1. The molecule has 6 heteroatoms. The number of hydrogen-bond donors (Lipinski definition) is 1. The highest BCUT2D eigenvalue weighted by atomic mass is 35.5. The second-order valence-electron chi connectivity index (χ2n) is 4.71. The van der Waals surface area contributed by atoms with Crippen molar-refractivity contribution in [3.63, 3.8) is 0 Å². The molecule has 0 fully saturated rings. The first kappa shape index (κ1) is 17.8. The Hall–Kier alpha value is -1.30. The zero-order valence-corrected chi connectivity index (χ0v) is 13.4. The van der Waals surface area contributed by atoms with Crippen LogP contribution in [0.5, 0.6) is 5.75 Å². The molecule has 0 aliphatic carbocycles. The molecular formula is C15H22ClNO4. The van der Waals surface area contributed by atoms with E-state index in [0.717, 1.165) is 5.56 Å². The Balaban J connectivity index is 2.60. The minimum absolute atomic E-state index is 0.135. The van der Waals surface area contributed by atoms with Crippen LogP contribution in [0.15, 0.2) is 18.2 Å². The number of nitrogens with one attached hydrogen (secondary N) is 1. The highest BCUT2D eigenvalue weighted by molar-refractivity contribution is 6.31. The van der Waals surface area contributed by atoms with Crippen LogP contribution in [-0.2, 0) is 20.8 Å². The van der Waals surface area contributed by atoms with Crippen molar-refractivity contribution in [2.45, 2.75) is 26.5 Å². The molecule has 0 saturated heterocycles. The molecule has 0 atom stereocenters. The van der Waals surface area contributed by atoms with Crippen molar-refractivity contribution in [1.29, 1.82) is 0 Å². The largest absolute Gasteiger partial charge is 0.482 e. The van der Waals surface area contributed by atoms with Crippen LogP contribution in [0.25, 0.3) is 0 Å². The average molecular weight is 316 g/mol. The Labute approximate surface area is 130 Å². The molecular weight excluding hydrogens is 294 g/mol. The van der Waals surface area contributed by atoms with E-state index in [1.54, 1.807) is 39.2 Å². The van der Waals surface area contributed by atoms with Gasteiger partial charge in [-0.05, 0) is 26.0 Å². The molecule has 0 aliphatic heterocycles. The molecule has 1 aromatic rings. The van der Waals surface area contributed by atoms with Crippen LogP contribution in [0, 0.1) is 0 Å². The summed E-state index contributed by atoms with van der Waals surface area (Å²) in [6.45, 7) is 5.31. The highest BCUT2D eigenvalue weighted by Gasteiger charge is 2.11. The lowest BCUT2D eigenvalue weighted by molar-refractivity contribution is -0.149. The second-order valence-corrected chi connectivity index (χ2v) is 5.12. The van der Waals surface area contributed by atoms with Gasteiger partial charge < -0.3 is 19.5 Å². The molecule has 1 N–H and O–H groups in total. The summed E-state index contributed by atoms with van der Waals surface area (Å²) in [5.74, 6) is 0.177. The van der Waals surface area contributed by atoms with E-state index >= 15 is 0 Å². The first-order valence-electron chi connectivity index (χ1n) is 6.84. The normalized spacial score (nSPS) is 10.7. The third-order valence-electron chi connectivity index (χ3n) is 2.57. The van der Waals surface area contributed by atoms with Crippen LogP contribution >= 0.6 is 11.6 Å². The summed E-state index contributed by atoms with van der Waals surface area (Å²) in [7, 11) is 1.64. The molecule has 1 aromatic carbocycles. The predicted octanol–water partition coefficient (Wildman–Crippen LogP) is 2.41. The van der Waals surface area contributed by atoms with Crippen LogP contribution < -0.4 is 10.1 Å². The average Bonchev–Trinajstić information content (AvgIpc) is 2.42. The highest BCUT2D eigenvalue weighted by Crippen LogP contribution is 2.26. The second kappa shape index (κ2) is 9.60. The Kier molecular flexibility index (Phi) is 8.12. The smallest absolute Gasteiger partial charge is 0.344 e. The quantitative estimate of drug-likeness (QED) is 0.560. The lowest BCUT2D eigenvalue weighted by Gasteiger charge is -2.14. The van der Waals surface area contributed by atoms with Gasteiger partial charge in [-0.3, -0.25) is 0 Å². The van der Waals surface area contributed by atoms with Gasteiger partial charge in [-0.2, -0.15) is 0 Å². The van der Waals surface area contributed by atoms with Gasteiger partial charge in [-0.15, -0.1) is 0 Å². The molecule has 0 unspecified atom stereocenters. The maximum Gasteiger partial charge on any atom is 0.344 e. The minimum atomic E-state index is -0.400. The third-order valence-corrected chi connectivity index (χ3v) is 2.93. The Bertz CT molecular complexity index is 451. The van der Waals surface area contributed by atoms with Gasteiger partial charge in [0, 0.05) is 30.8 Å². The third kappa shape index (κ3) is 6.80. The maximum absolute atomic E-state index is 11.5. The molecule has 0 spiro atoms. The molecule has 0 amide bonds. The SMILES string of the molecule is COCCNCc1c(Cl)cccc1OCC(=O)OC(C)C. The molecule has 0 saturated carbocycles. The van der Waals surface area contributed by atoms with Gasteiger partial charge in [0.05, 0.1) is 12.7 Å². The zero-order chi connectivity index (χ0) is 15.7. The molecule has 118 valence electrons. The number of hydrogen-bond acceptors (Lipinski definition) is 5. The number of carbonyl (C=O) groups excluding carboxylic acids is 1. The number of ether oxygens (including phenoxy) is 3. The Morgan fingerprint density at radius 2 is 2.14 bits per heavy atom. The number of methoxy groups -OCH3 is 1. The van der Waals surface area contributed by atoms with Crippen molar-refractivity contribution in [2.24, 2.45) is 0 Å². The summed E-state index contributed by atoms with van der Waals surface area (Å²) in [6.07, 6.45) is -0.157. The molecule has 0 radical (unpaired) electrons. The van der Waals surface area contributed by atoms with E-state index in [-0.39, 0.29) is 12.7 Å². The zero-order valence-electron chi connectivity index (χ0n) is 12.6.